The quantitative estimate of drug-likeness (QED) is 0.207. The summed E-state index contributed by atoms with van der Waals surface area (Å²) >= 11 is 0. The molecule has 1 rings (SSSR count). The molecule has 1 fully saturated rings. The van der Waals surface area contributed by atoms with Gasteiger partial charge in [0.25, 0.3) is 0 Å². The van der Waals surface area contributed by atoms with Crippen LogP contribution in [0.25, 0.3) is 0 Å². The van der Waals surface area contributed by atoms with E-state index < -0.39 is 5.60 Å². The van der Waals surface area contributed by atoms with Crippen molar-refractivity contribution >= 4 is 5.97 Å². The maximum Gasteiger partial charge on any atom is 0.341 e. The van der Waals surface area contributed by atoms with Gasteiger partial charge in [-0.2, -0.15) is 0 Å². The Morgan fingerprint density at radius 2 is 1.77 bits per heavy atom. The number of carbonyl (C=O) groups is 1. The molecule has 1 aliphatic heterocycles. The van der Waals surface area contributed by atoms with Gasteiger partial charge in [-0.15, -0.1) is 0 Å². The van der Waals surface area contributed by atoms with Crippen molar-refractivity contribution in [2.45, 2.75) is 83.7 Å². The van der Waals surface area contributed by atoms with E-state index in [0.717, 1.165) is 19.3 Å². The molecule has 0 aromatic heterocycles. The topological polar surface area (TPSA) is 38.8 Å². The van der Waals surface area contributed by atoms with E-state index in [1.165, 1.54) is 52.1 Å². The van der Waals surface area contributed by atoms with Crippen LogP contribution >= 0.6 is 0 Å². The highest BCUT2D eigenvalue weighted by atomic mass is 16.6. The lowest BCUT2D eigenvalue weighted by Crippen LogP contribution is -2.34. The zero-order chi connectivity index (χ0) is 16.3. The average Bonchev–Trinajstić information content (AvgIpc) is 3.33. The van der Waals surface area contributed by atoms with E-state index in [-0.39, 0.29) is 11.9 Å². The summed E-state index contributed by atoms with van der Waals surface area (Å²) < 4.78 is 10.5. The molecule has 1 heterocycles. The van der Waals surface area contributed by atoms with Gasteiger partial charge in [0.05, 0.1) is 13.7 Å². The third kappa shape index (κ3) is 6.12. The van der Waals surface area contributed by atoms with Crippen molar-refractivity contribution in [3.8, 4) is 0 Å². The molecule has 0 saturated carbocycles. The monoisotopic (exact) mass is 310 g/mol. The first-order chi connectivity index (χ1) is 10.7. The number of hydrogen-bond acceptors (Lipinski definition) is 3. The summed E-state index contributed by atoms with van der Waals surface area (Å²) in [6.45, 7) is 4.96. The van der Waals surface area contributed by atoms with Crippen LogP contribution in [0.2, 0.25) is 0 Å². The molecule has 0 bridgehead atoms. The lowest BCUT2D eigenvalue weighted by atomic mass is 9.87. The lowest BCUT2D eigenvalue weighted by molar-refractivity contribution is -0.148. The van der Waals surface area contributed by atoms with Crippen molar-refractivity contribution in [3.05, 3.63) is 12.2 Å². The fraction of sp³-hybridized carbons (Fsp3) is 0.842. The normalized spacial score (nSPS) is 22.0. The van der Waals surface area contributed by atoms with Crippen LogP contribution in [0.3, 0.4) is 0 Å². The summed E-state index contributed by atoms with van der Waals surface area (Å²) in [7, 11) is 1.45. The average molecular weight is 310 g/mol. The van der Waals surface area contributed by atoms with Crippen LogP contribution in [0.1, 0.15) is 78.1 Å². The fourth-order valence-electron chi connectivity index (χ4n) is 2.96. The van der Waals surface area contributed by atoms with Crippen LogP contribution in [-0.4, -0.2) is 25.3 Å². The van der Waals surface area contributed by atoms with Crippen molar-refractivity contribution in [3.63, 3.8) is 0 Å². The third-order valence-corrected chi connectivity index (χ3v) is 4.55. The van der Waals surface area contributed by atoms with Crippen molar-refractivity contribution in [1.82, 2.24) is 0 Å². The summed E-state index contributed by atoms with van der Waals surface area (Å²) in [5.74, 6) is -0.0356. The Kier molecular flexibility index (Phi) is 9.45. The highest BCUT2D eigenvalue weighted by Gasteiger charge is 2.58. The second-order valence-corrected chi connectivity index (χ2v) is 6.40. The molecule has 128 valence electrons. The predicted molar refractivity (Wildman–Crippen MR) is 90.8 cm³/mol. The van der Waals surface area contributed by atoms with Crippen LogP contribution in [0.4, 0.5) is 0 Å². The largest absolute Gasteiger partial charge is 0.467 e. The number of allylic oxidation sites excluding steroid dienone is 1. The predicted octanol–water partition coefficient (Wildman–Crippen LogP) is 5.04. The minimum Gasteiger partial charge on any atom is -0.467 e. The Hall–Kier alpha value is -0.830. The number of epoxide rings is 1. The van der Waals surface area contributed by atoms with E-state index in [0.29, 0.717) is 6.61 Å². The van der Waals surface area contributed by atoms with Gasteiger partial charge in [-0.25, -0.2) is 4.79 Å². The first-order valence-electron chi connectivity index (χ1n) is 9.10. The van der Waals surface area contributed by atoms with Gasteiger partial charge >= 0.3 is 5.97 Å². The van der Waals surface area contributed by atoms with Crippen LogP contribution in [-0.2, 0) is 14.3 Å². The number of unbranched alkanes of at least 4 members (excludes halogenated alkanes) is 7. The summed E-state index contributed by atoms with van der Waals surface area (Å²) in [6.07, 6.45) is 16.6. The number of rotatable bonds is 13. The first kappa shape index (κ1) is 19.2. The van der Waals surface area contributed by atoms with Gasteiger partial charge in [0.1, 0.15) is 0 Å². The molecule has 2 atom stereocenters. The van der Waals surface area contributed by atoms with Gasteiger partial charge in [0.15, 0.2) is 5.60 Å². The molecule has 22 heavy (non-hydrogen) atoms. The summed E-state index contributed by atoms with van der Waals surface area (Å²) in [5.41, 5.74) is -0.680. The van der Waals surface area contributed by atoms with Crippen molar-refractivity contribution in [2.75, 3.05) is 13.7 Å². The standard InChI is InChI=1S/C19H34O3/c1-4-6-8-10-11-13-15-17(14-12-9-7-5-2)19(16-22-19)18(20)21-3/h13,15,17H,4-12,14,16H2,1-3H3/b15-13-. The molecule has 0 spiro atoms. The molecule has 3 heteroatoms. The molecule has 0 radical (unpaired) electrons. The zero-order valence-electron chi connectivity index (χ0n) is 14.7. The van der Waals surface area contributed by atoms with Gasteiger partial charge in [-0.1, -0.05) is 70.9 Å². The third-order valence-electron chi connectivity index (χ3n) is 4.55. The van der Waals surface area contributed by atoms with Crippen LogP contribution < -0.4 is 0 Å². The van der Waals surface area contributed by atoms with E-state index in [9.17, 15) is 4.79 Å². The van der Waals surface area contributed by atoms with E-state index in [4.69, 9.17) is 9.47 Å². The van der Waals surface area contributed by atoms with Crippen LogP contribution in [0, 0.1) is 5.92 Å². The highest BCUT2D eigenvalue weighted by Crippen LogP contribution is 2.40. The Morgan fingerprint density at radius 1 is 1.14 bits per heavy atom. The second-order valence-electron chi connectivity index (χ2n) is 6.40. The maximum atomic E-state index is 12.0. The van der Waals surface area contributed by atoms with Crippen molar-refractivity contribution in [1.29, 1.82) is 0 Å². The van der Waals surface area contributed by atoms with Gasteiger partial charge in [-0.3, -0.25) is 0 Å². The molecule has 1 saturated heterocycles. The molecular formula is C19H34O3. The first-order valence-corrected chi connectivity index (χ1v) is 9.10. The molecule has 0 N–H and O–H groups in total. The molecule has 0 aromatic rings. The van der Waals surface area contributed by atoms with Gasteiger partial charge in [0, 0.05) is 5.92 Å². The molecular weight excluding hydrogens is 276 g/mol. The number of hydrogen-bond donors (Lipinski definition) is 0. The molecule has 0 amide bonds. The smallest absolute Gasteiger partial charge is 0.341 e. The Morgan fingerprint density at radius 3 is 2.32 bits per heavy atom. The summed E-state index contributed by atoms with van der Waals surface area (Å²) in [4.78, 5) is 12.0. The summed E-state index contributed by atoms with van der Waals surface area (Å²) in [6, 6.07) is 0. The maximum absolute atomic E-state index is 12.0. The lowest BCUT2D eigenvalue weighted by Gasteiger charge is -2.19. The Bertz CT molecular complexity index is 332. The second kappa shape index (κ2) is 10.8. The SMILES string of the molecule is CCCCCC/C=C\C(CCCCCC)C1(C(=O)OC)CO1. The number of esters is 1. The minimum absolute atomic E-state index is 0.169. The Labute approximate surface area is 136 Å². The highest BCUT2D eigenvalue weighted by molar-refractivity contribution is 5.83. The van der Waals surface area contributed by atoms with Crippen LogP contribution in [0.5, 0.6) is 0 Å². The molecule has 0 aliphatic carbocycles. The van der Waals surface area contributed by atoms with Gasteiger partial charge in [0.2, 0.25) is 0 Å². The van der Waals surface area contributed by atoms with Gasteiger partial charge in [-0.05, 0) is 19.3 Å². The van der Waals surface area contributed by atoms with Crippen LogP contribution in [0.15, 0.2) is 12.2 Å². The molecule has 0 aromatic carbocycles. The molecule has 2 unspecified atom stereocenters. The zero-order valence-corrected chi connectivity index (χ0v) is 14.7. The van der Waals surface area contributed by atoms with Crippen molar-refractivity contribution < 1.29 is 14.3 Å². The van der Waals surface area contributed by atoms with E-state index in [1.807, 2.05) is 0 Å². The Balaban J connectivity index is 2.47. The molecule has 1 aliphatic rings. The number of ether oxygens (including phenoxy) is 2. The number of methoxy groups -OCH3 is 1. The summed E-state index contributed by atoms with van der Waals surface area (Å²) in [5, 5.41) is 0. The van der Waals surface area contributed by atoms with E-state index in [2.05, 4.69) is 26.0 Å². The van der Waals surface area contributed by atoms with E-state index in [1.54, 1.807) is 0 Å². The molecule has 3 nitrogen and oxygen atoms in total. The van der Waals surface area contributed by atoms with E-state index >= 15 is 0 Å². The minimum atomic E-state index is -0.680. The fourth-order valence-corrected chi connectivity index (χ4v) is 2.96. The van der Waals surface area contributed by atoms with Gasteiger partial charge < -0.3 is 9.47 Å². The van der Waals surface area contributed by atoms with Crippen molar-refractivity contribution in [2.24, 2.45) is 5.92 Å². The number of carbonyl (C=O) groups excluding carboxylic acids is 1.